The van der Waals surface area contributed by atoms with Gasteiger partial charge in [0.25, 0.3) is 0 Å². The highest BCUT2D eigenvalue weighted by atomic mass is 15.0. The molecule has 0 radical (unpaired) electrons. The molecule has 6 aromatic rings. The van der Waals surface area contributed by atoms with Gasteiger partial charge in [-0.15, -0.1) is 0 Å². The summed E-state index contributed by atoms with van der Waals surface area (Å²) in [6.45, 7) is 8.79. The Hall–Kier alpha value is -6.18. The van der Waals surface area contributed by atoms with Crippen LogP contribution in [0, 0.1) is 11.3 Å². The second-order valence-electron chi connectivity index (χ2n) is 12.7. The minimum Gasteiger partial charge on any atom is -0.208 e. The summed E-state index contributed by atoms with van der Waals surface area (Å²) in [5.74, 6) is 1.91. The van der Waals surface area contributed by atoms with E-state index in [9.17, 15) is 5.26 Å². The Morgan fingerprint density at radius 3 is 1.60 bits per heavy atom. The molecule has 0 N–H and O–H groups in total. The first-order valence-electron chi connectivity index (χ1n) is 16.1. The molecule has 0 atom stereocenters. The van der Waals surface area contributed by atoms with E-state index in [0.717, 1.165) is 56.5 Å². The topological polar surface area (TPSA) is 62.5 Å². The van der Waals surface area contributed by atoms with Crippen molar-refractivity contribution in [3.05, 3.63) is 169 Å². The molecule has 0 fully saturated rings. The van der Waals surface area contributed by atoms with Gasteiger partial charge in [0.2, 0.25) is 0 Å². The van der Waals surface area contributed by atoms with Gasteiger partial charge in [-0.3, -0.25) is 0 Å². The van der Waals surface area contributed by atoms with Gasteiger partial charge in [0, 0.05) is 22.3 Å². The summed E-state index contributed by atoms with van der Waals surface area (Å²) in [6.07, 6.45) is 6.59. The largest absolute Gasteiger partial charge is 0.208 e. The van der Waals surface area contributed by atoms with Gasteiger partial charge in [0.1, 0.15) is 0 Å². The molecule has 230 valence electrons. The highest BCUT2D eigenvalue weighted by Crippen LogP contribution is 2.39. The number of hydrogen-bond donors (Lipinski definition) is 0. The maximum atomic E-state index is 9.58. The number of benzene rings is 5. The number of nitrogens with zero attached hydrogens (tertiary/aromatic N) is 4. The van der Waals surface area contributed by atoms with Gasteiger partial charge in [-0.2, -0.15) is 5.26 Å². The Bertz CT molecular complexity index is 2200. The van der Waals surface area contributed by atoms with Crippen LogP contribution in [0.15, 0.2) is 158 Å². The molecular weight excluding hydrogens is 585 g/mol. The summed E-state index contributed by atoms with van der Waals surface area (Å²) < 4.78 is 0. The lowest BCUT2D eigenvalue weighted by Gasteiger charge is -2.27. The van der Waals surface area contributed by atoms with Crippen molar-refractivity contribution in [3.63, 3.8) is 0 Å². The Kier molecular flexibility index (Phi) is 8.19. The predicted octanol–water partition coefficient (Wildman–Crippen LogP) is 10.9. The van der Waals surface area contributed by atoms with Crippen molar-refractivity contribution in [1.82, 2.24) is 15.0 Å². The van der Waals surface area contributed by atoms with Crippen molar-refractivity contribution in [3.8, 4) is 62.5 Å². The Morgan fingerprint density at radius 2 is 1.04 bits per heavy atom. The highest BCUT2D eigenvalue weighted by molar-refractivity contribution is 5.81. The third kappa shape index (κ3) is 6.27. The van der Waals surface area contributed by atoms with Crippen LogP contribution in [-0.2, 0) is 5.41 Å². The molecular formula is C44H34N4. The van der Waals surface area contributed by atoms with Crippen molar-refractivity contribution in [1.29, 1.82) is 5.26 Å². The maximum Gasteiger partial charge on any atom is 0.164 e. The fraction of sp³-hybridized carbons (Fsp3) is 0.0909. The van der Waals surface area contributed by atoms with Crippen LogP contribution in [0.2, 0.25) is 0 Å². The van der Waals surface area contributed by atoms with Gasteiger partial charge in [-0.25, -0.2) is 15.0 Å². The number of allylic oxidation sites excluding steroid dienone is 5. The quantitative estimate of drug-likeness (QED) is 0.193. The van der Waals surface area contributed by atoms with E-state index in [1.165, 1.54) is 5.56 Å². The van der Waals surface area contributed by atoms with Gasteiger partial charge < -0.3 is 0 Å². The van der Waals surface area contributed by atoms with Gasteiger partial charge in [0.05, 0.1) is 6.07 Å². The van der Waals surface area contributed by atoms with Crippen molar-refractivity contribution >= 4 is 5.57 Å². The Morgan fingerprint density at radius 1 is 0.562 bits per heavy atom. The minimum absolute atomic E-state index is 0.184. The molecule has 0 bridgehead atoms. The smallest absolute Gasteiger partial charge is 0.164 e. The summed E-state index contributed by atoms with van der Waals surface area (Å²) in [6, 6.07) is 46.0. The monoisotopic (exact) mass is 618 g/mol. The lowest BCUT2D eigenvalue weighted by molar-refractivity contribution is 0.532. The summed E-state index contributed by atoms with van der Waals surface area (Å²) >= 11 is 0. The number of nitriles is 1. The minimum atomic E-state index is -0.184. The molecule has 7 rings (SSSR count). The molecule has 0 amide bonds. The van der Waals surface area contributed by atoms with E-state index in [2.05, 4.69) is 93.2 Å². The number of rotatable bonds is 5. The second-order valence-corrected chi connectivity index (χ2v) is 12.7. The maximum absolute atomic E-state index is 9.58. The zero-order valence-electron chi connectivity index (χ0n) is 27.1. The van der Waals surface area contributed by atoms with Crippen molar-refractivity contribution in [2.24, 2.45) is 0 Å². The van der Waals surface area contributed by atoms with Crippen molar-refractivity contribution in [2.45, 2.75) is 25.7 Å². The first-order valence-corrected chi connectivity index (χ1v) is 16.1. The molecule has 0 saturated heterocycles. The van der Waals surface area contributed by atoms with Gasteiger partial charge >= 0.3 is 0 Å². The third-order valence-electron chi connectivity index (χ3n) is 8.87. The molecule has 5 aromatic carbocycles. The Balaban J connectivity index is 1.27. The first kappa shape index (κ1) is 30.5. The summed E-state index contributed by atoms with van der Waals surface area (Å²) in [5, 5.41) is 9.58. The molecule has 4 nitrogen and oxygen atoms in total. The van der Waals surface area contributed by atoms with Crippen LogP contribution < -0.4 is 0 Å². The summed E-state index contributed by atoms with van der Waals surface area (Å²) in [5.41, 5.74) is 11.0. The van der Waals surface area contributed by atoms with Crippen LogP contribution in [0.1, 0.15) is 31.4 Å². The third-order valence-corrected chi connectivity index (χ3v) is 8.87. The second kappa shape index (κ2) is 12.9. The van der Waals surface area contributed by atoms with E-state index < -0.39 is 0 Å². The SMILES string of the molecule is C=C1/C=C\C(C#N)=C/CC(C)(C)c2cc(-c3cccc(-c4cccc(-c5nc(-c6ccccc6)nc(-c6ccccc6)n5)c4)c3)ccc21. The summed E-state index contributed by atoms with van der Waals surface area (Å²) in [4.78, 5) is 14.7. The predicted molar refractivity (Wildman–Crippen MR) is 197 cm³/mol. The van der Waals surface area contributed by atoms with Crippen LogP contribution in [0.3, 0.4) is 0 Å². The zero-order chi connectivity index (χ0) is 33.1. The van der Waals surface area contributed by atoms with E-state index in [-0.39, 0.29) is 5.41 Å². The van der Waals surface area contributed by atoms with E-state index in [4.69, 9.17) is 15.0 Å². The van der Waals surface area contributed by atoms with Crippen molar-refractivity contribution in [2.75, 3.05) is 0 Å². The molecule has 0 unspecified atom stereocenters. The number of aromatic nitrogens is 3. The van der Waals surface area contributed by atoms with Crippen LogP contribution in [-0.4, -0.2) is 15.0 Å². The van der Waals surface area contributed by atoms with Gasteiger partial charge in [-0.1, -0.05) is 142 Å². The highest BCUT2D eigenvalue weighted by Gasteiger charge is 2.25. The van der Waals surface area contributed by atoms with Crippen LogP contribution in [0.5, 0.6) is 0 Å². The lowest BCUT2D eigenvalue weighted by atomic mass is 9.76. The first-order chi connectivity index (χ1) is 23.4. The van der Waals surface area contributed by atoms with Crippen LogP contribution >= 0.6 is 0 Å². The number of fused-ring (bicyclic) bond motifs is 1. The molecule has 48 heavy (non-hydrogen) atoms. The standard InChI is InChI=1S/C44H34N4/c1-30-20-21-31(29-45)24-25-44(2,3)40-28-37(22-23-39(30)40)35-17-10-16-34(26-35)36-18-11-19-38(27-36)43-47-41(32-12-6-4-7-13-32)46-42(48-43)33-14-8-5-9-15-33/h4-24,26-28H,1,25H2,2-3H3/b21-20-,31-24+. The number of hydrogen-bond acceptors (Lipinski definition) is 4. The molecule has 1 aliphatic rings. The molecule has 0 aliphatic heterocycles. The normalized spacial score (nSPS) is 15.5. The van der Waals surface area contributed by atoms with Crippen LogP contribution in [0.25, 0.3) is 62.0 Å². The van der Waals surface area contributed by atoms with Gasteiger partial charge in [-0.05, 0) is 75.1 Å². The van der Waals surface area contributed by atoms with E-state index in [1.54, 1.807) is 0 Å². The molecule has 1 heterocycles. The fourth-order valence-electron chi connectivity index (χ4n) is 6.12. The fourth-order valence-corrected chi connectivity index (χ4v) is 6.12. The van der Waals surface area contributed by atoms with Gasteiger partial charge in [0.15, 0.2) is 17.5 Å². The summed E-state index contributed by atoms with van der Waals surface area (Å²) in [7, 11) is 0. The molecule has 1 aliphatic carbocycles. The van der Waals surface area contributed by atoms with Crippen LogP contribution in [0.4, 0.5) is 0 Å². The lowest BCUT2D eigenvalue weighted by Crippen LogP contribution is -2.18. The van der Waals surface area contributed by atoms with E-state index >= 15 is 0 Å². The Labute approximate surface area is 282 Å². The average molecular weight is 619 g/mol. The molecule has 4 heteroatoms. The molecule has 0 spiro atoms. The molecule has 1 aromatic heterocycles. The molecule has 0 saturated carbocycles. The zero-order valence-corrected chi connectivity index (χ0v) is 27.1. The van der Waals surface area contributed by atoms with E-state index in [0.29, 0.717) is 23.0 Å². The van der Waals surface area contributed by atoms with E-state index in [1.807, 2.05) is 78.9 Å². The van der Waals surface area contributed by atoms with Crippen molar-refractivity contribution < 1.29 is 0 Å². The average Bonchev–Trinajstić information content (AvgIpc) is 3.19.